The molecular weight excluding hydrogens is 420 g/mol. The number of hydrogen-bond acceptors (Lipinski definition) is 3. The van der Waals surface area contributed by atoms with Crippen LogP contribution in [-0.2, 0) is 17.4 Å². The Labute approximate surface area is 182 Å². The lowest BCUT2D eigenvalue weighted by atomic mass is 10.1. The second-order valence-corrected chi connectivity index (χ2v) is 8.48. The molecule has 0 aliphatic carbocycles. The Morgan fingerprint density at radius 2 is 1.87 bits per heavy atom. The molecule has 0 aliphatic heterocycles. The fourth-order valence-corrected chi connectivity index (χ4v) is 4.30. The fraction of sp³-hybridized carbons (Fsp3) is 0.174. The first-order chi connectivity index (χ1) is 14.5. The molecule has 0 bridgehead atoms. The van der Waals surface area contributed by atoms with Crippen molar-refractivity contribution >= 4 is 50.2 Å². The highest BCUT2D eigenvalue weighted by atomic mass is 35.5. The van der Waals surface area contributed by atoms with Crippen molar-refractivity contribution in [2.24, 2.45) is 0 Å². The van der Waals surface area contributed by atoms with Gasteiger partial charge in [-0.25, -0.2) is 4.21 Å². The van der Waals surface area contributed by atoms with Crippen LogP contribution in [0.25, 0.3) is 21.7 Å². The Morgan fingerprint density at radius 3 is 2.70 bits per heavy atom. The monoisotopic (exact) mass is 440 g/mol. The van der Waals surface area contributed by atoms with Crippen molar-refractivity contribution in [1.82, 2.24) is 9.71 Å². The van der Waals surface area contributed by atoms with Gasteiger partial charge in [0.1, 0.15) is 22.4 Å². The van der Waals surface area contributed by atoms with E-state index in [1.54, 1.807) is 6.07 Å². The molecule has 7 heteroatoms. The number of fused-ring (bicyclic) bond motifs is 2. The first kappa shape index (κ1) is 20.4. The number of benzene rings is 3. The van der Waals surface area contributed by atoms with Gasteiger partial charge in [0, 0.05) is 22.5 Å². The highest BCUT2D eigenvalue weighted by molar-refractivity contribution is 7.82. The third-order valence-electron chi connectivity index (χ3n) is 4.92. The van der Waals surface area contributed by atoms with E-state index in [0.717, 1.165) is 33.0 Å². The predicted molar refractivity (Wildman–Crippen MR) is 123 cm³/mol. The normalized spacial score (nSPS) is 12.2. The second-order valence-electron chi connectivity index (χ2n) is 6.96. The van der Waals surface area contributed by atoms with E-state index in [2.05, 4.69) is 21.8 Å². The van der Waals surface area contributed by atoms with Gasteiger partial charge in [-0.3, -0.25) is 9.52 Å². The molecule has 5 nitrogen and oxygen atoms in total. The Balaban J connectivity index is 1.54. The van der Waals surface area contributed by atoms with Crippen LogP contribution in [0.4, 0.5) is 0 Å². The zero-order valence-electron chi connectivity index (χ0n) is 16.4. The number of carbonyl (C=O) groups excluding carboxylic acids is 1. The fourth-order valence-electron chi connectivity index (χ4n) is 3.65. The number of aromatic amines is 1. The minimum atomic E-state index is -1.45. The quantitative estimate of drug-likeness (QED) is 0.397. The molecule has 3 aromatic carbocycles. The van der Waals surface area contributed by atoms with E-state index in [1.807, 2.05) is 42.5 Å². The van der Waals surface area contributed by atoms with Crippen LogP contribution in [0.2, 0.25) is 5.02 Å². The Hall–Kier alpha value is -2.83. The lowest BCUT2D eigenvalue weighted by Gasteiger charge is -2.10. The molecule has 0 radical (unpaired) electrons. The van der Waals surface area contributed by atoms with Gasteiger partial charge in [-0.15, -0.1) is 0 Å². The van der Waals surface area contributed by atoms with Crippen LogP contribution < -0.4 is 9.46 Å². The van der Waals surface area contributed by atoms with E-state index in [0.29, 0.717) is 30.2 Å². The third-order valence-corrected chi connectivity index (χ3v) is 5.71. The molecule has 1 aromatic heterocycles. The predicted octanol–water partition coefficient (Wildman–Crippen LogP) is 5.01. The van der Waals surface area contributed by atoms with E-state index >= 15 is 0 Å². The summed E-state index contributed by atoms with van der Waals surface area (Å²) in [5.74, 6) is 0.428. The minimum Gasteiger partial charge on any atom is -0.493 e. The molecule has 4 aromatic rings. The number of carbonyl (C=O) groups is 1. The summed E-state index contributed by atoms with van der Waals surface area (Å²) in [4.78, 5) is 15.7. The van der Waals surface area contributed by atoms with Crippen molar-refractivity contribution in [3.05, 3.63) is 76.9 Å². The van der Waals surface area contributed by atoms with Crippen LogP contribution in [0.5, 0.6) is 5.75 Å². The largest absolute Gasteiger partial charge is 0.493 e. The van der Waals surface area contributed by atoms with Crippen LogP contribution in [0.15, 0.2) is 60.7 Å². The number of aryl methyl sites for hydroxylation is 1. The smallest absolute Gasteiger partial charge is 0.279 e. The summed E-state index contributed by atoms with van der Waals surface area (Å²) in [6.07, 6.45) is 2.70. The Morgan fingerprint density at radius 1 is 1.10 bits per heavy atom. The molecule has 1 amide bonds. The number of ether oxygens (including phenoxy) is 1. The van der Waals surface area contributed by atoms with E-state index in [-0.39, 0.29) is 0 Å². The lowest BCUT2D eigenvalue weighted by Crippen LogP contribution is -2.26. The zero-order valence-corrected chi connectivity index (χ0v) is 18.0. The number of nitrogens with one attached hydrogen (secondary N) is 2. The average molecular weight is 441 g/mol. The summed E-state index contributed by atoms with van der Waals surface area (Å²) in [6.45, 7) is 0.492. The van der Waals surface area contributed by atoms with Gasteiger partial charge in [0.2, 0.25) is 0 Å². The number of halogens is 1. The SMILES string of the molecule is CS(=O)NC(=O)c1[nH]c2cccc(Cl)c2c1CCCOc1cccc2ccccc12. The summed E-state index contributed by atoms with van der Waals surface area (Å²) in [7, 11) is -1.45. The van der Waals surface area contributed by atoms with Crippen molar-refractivity contribution in [2.75, 3.05) is 12.9 Å². The molecule has 154 valence electrons. The molecule has 0 spiro atoms. The average Bonchev–Trinajstić information content (AvgIpc) is 3.11. The molecule has 0 fully saturated rings. The molecule has 1 unspecified atom stereocenters. The maximum Gasteiger partial charge on any atom is 0.279 e. The molecule has 4 rings (SSSR count). The number of hydrogen-bond donors (Lipinski definition) is 2. The highest BCUT2D eigenvalue weighted by Crippen LogP contribution is 2.31. The van der Waals surface area contributed by atoms with Crippen molar-refractivity contribution in [1.29, 1.82) is 0 Å². The second kappa shape index (κ2) is 8.90. The highest BCUT2D eigenvalue weighted by Gasteiger charge is 2.20. The molecule has 1 heterocycles. The molecule has 30 heavy (non-hydrogen) atoms. The number of rotatable bonds is 7. The molecular formula is C23H21ClN2O3S. The maximum atomic E-state index is 12.5. The summed E-state index contributed by atoms with van der Waals surface area (Å²) in [5.41, 5.74) is 1.97. The van der Waals surface area contributed by atoms with Crippen LogP contribution in [0.3, 0.4) is 0 Å². The third kappa shape index (κ3) is 4.20. The number of H-pyrrole nitrogens is 1. The van der Waals surface area contributed by atoms with Gasteiger partial charge in [-0.1, -0.05) is 54.1 Å². The van der Waals surface area contributed by atoms with Gasteiger partial charge >= 0.3 is 0 Å². The van der Waals surface area contributed by atoms with Crippen LogP contribution in [0.1, 0.15) is 22.5 Å². The van der Waals surface area contributed by atoms with E-state index in [9.17, 15) is 9.00 Å². The summed E-state index contributed by atoms with van der Waals surface area (Å²) < 4.78 is 19.9. The van der Waals surface area contributed by atoms with Gasteiger partial charge in [0.15, 0.2) is 0 Å². The molecule has 2 N–H and O–H groups in total. The van der Waals surface area contributed by atoms with Crippen molar-refractivity contribution in [3.63, 3.8) is 0 Å². The summed E-state index contributed by atoms with van der Waals surface area (Å²) in [5, 5.41) is 3.59. The first-order valence-corrected chi connectivity index (χ1v) is 11.5. The summed E-state index contributed by atoms with van der Waals surface area (Å²) in [6, 6.07) is 19.6. The van der Waals surface area contributed by atoms with E-state index < -0.39 is 16.9 Å². The van der Waals surface area contributed by atoms with Crippen LogP contribution >= 0.6 is 11.6 Å². The van der Waals surface area contributed by atoms with Gasteiger partial charge < -0.3 is 9.72 Å². The van der Waals surface area contributed by atoms with Gasteiger partial charge in [0.05, 0.1) is 11.6 Å². The zero-order chi connectivity index (χ0) is 21.1. The molecule has 0 aliphatic rings. The molecule has 1 atom stereocenters. The lowest BCUT2D eigenvalue weighted by molar-refractivity contribution is 0.0978. The Bertz CT molecular complexity index is 1250. The van der Waals surface area contributed by atoms with Crippen molar-refractivity contribution < 1.29 is 13.7 Å². The standard InChI is InChI=1S/C23H21ClN2O3S/c1-30(28)26-23(27)22-17(21-18(24)11-5-12-19(21)25-22)10-6-14-29-20-13-4-8-15-7-2-3-9-16(15)20/h2-5,7-9,11-13,25H,6,10,14H2,1H3,(H,26,27). The van der Waals surface area contributed by atoms with Gasteiger partial charge in [-0.05, 0) is 42.0 Å². The van der Waals surface area contributed by atoms with E-state index in [1.165, 1.54) is 6.26 Å². The topological polar surface area (TPSA) is 71.2 Å². The molecule has 0 saturated carbocycles. The minimum absolute atomic E-state index is 0.387. The molecule has 0 saturated heterocycles. The van der Waals surface area contributed by atoms with Crippen LogP contribution in [0, 0.1) is 0 Å². The maximum absolute atomic E-state index is 12.5. The first-order valence-electron chi connectivity index (χ1n) is 9.58. The number of amides is 1. The van der Waals surface area contributed by atoms with E-state index in [4.69, 9.17) is 16.3 Å². The van der Waals surface area contributed by atoms with Gasteiger partial charge in [-0.2, -0.15) is 0 Å². The summed E-state index contributed by atoms with van der Waals surface area (Å²) >= 11 is 6.42. The van der Waals surface area contributed by atoms with Crippen molar-refractivity contribution in [2.45, 2.75) is 12.8 Å². The number of aromatic nitrogens is 1. The van der Waals surface area contributed by atoms with Gasteiger partial charge in [0.25, 0.3) is 5.91 Å². The van der Waals surface area contributed by atoms with Crippen molar-refractivity contribution in [3.8, 4) is 5.75 Å². The van der Waals surface area contributed by atoms with Crippen LogP contribution in [-0.4, -0.2) is 28.0 Å². The Kier molecular flexibility index (Phi) is 6.06.